The summed E-state index contributed by atoms with van der Waals surface area (Å²) in [5.41, 5.74) is 1.77. The van der Waals surface area contributed by atoms with Gasteiger partial charge in [-0.2, -0.15) is 0 Å². The average Bonchev–Trinajstić information content (AvgIpc) is 2.75. The average molecular weight is 472 g/mol. The summed E-state index contributed by atoms with van der Waals surface area (Å²) in [5, 5.41) is 53.1. The molecule has 0 aliphatic heterocycles. The highest BCUT2D eigenvalue weighted by molar-refractivity contribution is 6.22. The minimum Gasteiger partial charge on any atom is -0.508 e. The van der Waals surface area contributed by atoms with Crippen molar-refractivity contribution in [2.24, 2.45) is 17.6 Å². The van der Waals surface area contributed by atoms with E-state index in [9.17, 15) is 44.7 Å². The Bertz CT molecular complexity index is 1240. The smallest absolute Gasteiger partial charge is 0.255 e. The van der Waals surface area contributed by atoms with E-state index in [1.54, 1.807) is 19.0 Å². The fourth-order valence-electron chi connectivity index (χ4n) is 5.37. The lowest BCUT2D eigenvalue weighted by atomic mass is 9.59. The van der Waals surface area contributed by atoms with Crippen LogP contribution in [0.2, 0.25) is 0 Å². The molecule has 1 aromatic carbocycles. The maximum Gasteiger partial charge on any atom is 0.255 e. The second-order valence-electron chi connectivity index (χ2n) is 9.03. The summed E-state index contributed by atoms with van der Waals surface area (Å²) in [6, 6.07) is 1.38. The SMILES string of the molecule is CN(C)c1cc(C(=O)CO)c(O)c2c1C[C@H]1C[C@H]3CC(=O)C(C(N)=O)=C(O)[C@@]3(O)C(=O)C1=C2O. The predicted octanol–water partition coefficient (Wildman–Crippen LogP) is -0.335. The van der Waals surface area contributed by atoms with Crippen molar-refractivity contribution in [3.63, 3.8) is 0 Å². The van der Waals surface area contributed by atoms with Crippen LogP contribution in [0.25, 0.3) is 5.76 Å². The molecule has 1 amide bonds. The van der Waals surface area contributed by atoms with E-state index < -0.39 is 76.6 Å². The first-order chi connectivity index (χ1) is 15.9. The fraction of sp³-hybridized carbons (Fsp3) is 0.391. The number of rotatable bonds is 4. The zero-order valence-electron chi connectivity index (χ0n) is 18.5. The molecule has 11 nitrogen and oxygen atoms in total. The summed E-state index contributed by atoms with van der Waals surface area (Å²) < 4.78 is 0. The zero-order chi connectivity index (χ0) is 25.3. The molecular formula is C23H24N2O9. The van der Waals surface area contributed by atoms with E-state index in [0.29, 0.717) is 11.3 Å². The first-order valence-corrected chi connectivity index (χ1v) is 10.5. The van der Waals surface area contributed by atoms with Crippen LogP contribution in [0.5, 0.6) is 5.75 Å². The number of benzene rings is 1. The molecule has 0 saturated heterocycles. The molecule has 34 heavy (non-hydrogen) atoms. The number of aromatic hydroxyl groups is 1. The van der Waals surface area contributed by atoms with Crippen LogP contribution in [0.4, 0.5) is 5.69 Å². The third kappa shape index (κ3) is 2.97. The number of carbonyl (C=O) groups is 4. The van der Waals surface area contributed by atoms with Gasteiger partial charge in [-0.05, 0) is 30.4 Å². The normalized spacial score (nSPS) is 26.1. The summed E-state index contributed by atoms with van der Waals surface area (Å²) in [6.45, 7) is -0.901. The first-order valence-electron chi connectivity index (χ1n) is 10.5. The second-order valence-corrected chi connectivity index (χ2v) is 9.03. The molecule has 4 rings (SSSR count). The van der Waals surface area contributed by atoms with Gasteiger partial charge in [0.1, 0.15) is 29.4 Å². The van der Waals surface area contributed by atoms with Gasteiger partial charge >= 0.3 is 0 Å². The summed E-state index contributed by atoms with van der Waals surface area (Å²) in [6.07, 6.45) is -0.283. The number of fused-ring (bicyclic) bond motifs is 3. The number of amides is 1. The van der Waals surface area contributed by atoms with E-state index in [0.717, 1.165) is 0 Å². The summed E-state index contributed by atoms with van der Waals surface area (Å²) in [5.74, 6) is -8.25. The monoisotopic (exact) mass is 472 g/mol. The lowest BCUT2D eigenvalue weighted by molar-refractivity contribution is -0.147. The van der Waals surface area contributed by atoms with E-state index in [1.165, 1.54) is 6.07 Å². The molecular weight excluding hydrogens is 448 g/mol. The maximum absolute atomic E-state index is 13.5. The van der Waals surface area contributed by atoms with Gasteiger partial charge in [-0.15, -0.1) is 0 Å². The number of nitrogens with zero attached hydrogens (tertiary/aromatic N) is 1. The number of phenols is 1. The van der Waals surface area contributed by atoms with Crippen LogP contribution < -0.4 is 10.6 Å². The van der Waals surface area contributed by atoms with Crippen LogP contribution in [-0.2, 0) is 20.8 Å². The number of aliphatic hydroxyl groups excluding tert-OH is 3. The quantitative estimate of drug-likeness (QED) is 0.249. The van der Waals surface area contributed by atoms with Crippen LogP contribution in [-0.4, -0.2) is 75.1 Å². The van der Waals surface area contributed by atoms with Crippen LogP contribution in [0.3, 0.4) is 0 Å². The molecule has 3 atom stereocenters. The summed E-state index contributed by atoms with van der Waals surface area (Å²) in [7, 11) is 3.35. The molecule has 1 aromatic rings. The molecule has 0 aromatic heterocycles. The molecule has 1 saturated carbocycles. The number of Topliss-reactive ketones (excluding diaryl/α,β-unsaturated/α-hetero) is 3. The number of nitrogens with two attached hydrogens (primary N) is 1. The van der Waals surface area contributed by atoms with Crippen LogP contribution in [0.1, 0.15) is 34.3 Å². The lowest BCUT2D eigenvalue weighted by Gasteiger charge is -2.46. The predicted molar refractivity (Wildman–Crippen MR) is 117 cm³/mol. The van der Waals surface area contributed by atoms with Gasteiger partial charge in [0.15, 0.2) is 17.2 Å². The van der Waals surface area contributed by atoms with Crippen LogP contribution in [0, 0.1) is 11.8 Å². The molecule has 0 unspecified atom stereocenters. The van der Waals surface area contributed by atoms with Crippen molar-refractivity contribution >= 4 is 34.7 Å². The Morgan fingerprint density at radius 2 is 1.82 bits per heavy atom. The highest BCUT2D eigenvalue weighted by Gasteiger charge is 2.60. The van der Waals surface area contributed by atoms with E-state index in [4.69, 9.17) is 5.73 Å². The van der Waals surface area contributed by atoms with Gasteiger partial charge in [-0.25, -0.2) is 0 Å². The van der Waals surface area contributed by atoms with Gasteiger partial charge in [0.05, 0.1) is 11.1 Å². The van der Waals surface area contributed by atoms with E-state index in [-0.39, 0.29) is 29.5 Å². The fourth-order valence-corrected chi connectivity index (χ4v) is 5.37. The van der Waals surface area contributed by atoms with Crippen molar-refractivity contribution in [1.82, 2.24) is 0 Å². The molecule has 0 radical (unpaired) electrons. The highest BCUT2D eigenvalue weighted by Crippen LogP contribution is 2.53. The number of phenolic OH excluding ortho intramolecular Hbond substituents is 1. The van der Waals surface area contributed by atoms with Crippen molar-refractivity contribution in [2.45, 2.75) is 24.9 Å². The standard InChI is InChI=1S/C23H24N2O9/c1-25(2)12-6-11(14(28)7-26)18(29)16-10(12)4-8-3-9-5-13(27)17(22(24)33)21(32)23(9,34)20(31)15(8)19(16)30/h6,8-9,26,29-30,32,34H,3-5,7H2,1-2H3,(H2,24,33)/t8-,9+,23+/m1/s1. The topological polar surface area (TPSA) is 199 Å². The van der Waals surface area contributed by atoms with Gasteiger partial charge in [0.2, 0.25) is 5.78 Å². The highest BCUT2D eigenvalue weighted by atomic mass is 16.3. The molecule has 180 valence electrons. The number of anilines is 1. The Morgan fingerprint density at radius 3 is 2.38 bits per heavy atom. The molecule has 0 heterocycles. The van der Waals surface area contributed by atoms with Crippen molar-refractivity contribution in [3.05, 3.63) is 39.7 Å². The van der Waals surface area contributed by atoms with Gasteiger partial charge in [-0.1, -0.05) is 0 Å². The van der Waals surface area contributed by atoms with Crippen LogP contribution >= 0.6 is 0 Å². The number of ketones is 3. The number of carbonyl (C=O) groups excluding carboxylic acids is 4. The van der Waals surface area contributed by atoms with Crippen molar-refractivity contribution < 1.29 is 44.7 Å². The number of primary amides is 1. The molecule has 0 spiro atoms. The zero-order valence-corrected chi connectivity index (χ0v) is 18.5. The second kappa shape index (κ2) is 7.67. The Kier molecular flexibility index (Phi) is 5.29. The van der Waals surface area contributed by atoms with E-state index in [1.807, 2.05) is 0 Å². The molecule has 0 bridgehead atoms. The molecule has 7 N–H and O–H groups in total. The first kappa shape index (κ1) is 23.5. The Balaban J connectivity index is 1.99. The molecule has 11 heteroatoms. The maximum atomic E-state index is 13.5. The van der Waals surface area contributed by atoms with Crippen molar-refractivity contribution in [1.29, 1.82) is 0 Å². The molecule has 3 aliphatic rings. The number of hydrogen-bond donors (Lipinski definition) is 6. The molecule has 1 fully saturated rings. The summed E-state index contributed by atoms with van der Waals surface area (Å²) >= 11 is 0. The van der Waals surface area contributed by atoms with Crippen molar-refractivity contribution in [3.8, 4) is 5.75 Å². The number of aliphatic hydroxyl groups is 4. The van der Waals surface area contributed by atoms with Gasteiger partial charge in [0.25, 0.3) is 5.91 Å². The van der Waals surface area contributed by atoms with Gasteiger partial charge in [-0.3, -0.25) is 19.2 Å². The van der Waals surface area contributed by atoms with E-state index in [2.05, 4.69) is 0 Å². The minimum atomic E-state index is -2.66. The number of hydrogen-bond acceptors (Lipinski definition) is 10. The molecule has 3 aliphatic carbocycles. The third-order valence-electron chi connectivity index (χ3n) is 6.97. The lowest BCUT2D eigenvalue weighted by Crippen LogP contribution is -2.58. The third-order valence-corrected chi connectivity index (χ3v) is 6.97. The Labute approximate surface area is 193 Å². The minimum absolute atomic E-state index is 0.00781. The van der Waals surface area contributed by atoms with E-state index >= 15 is 0 Å². The van der Waals surface area contributed by atoms with Gasteiger partial charge in [0, 0.05) is 37.7 Å². The Hall–Kier alpha value is -3.70. The van der Waals surface area contributed by atoms with Crippen LogP contribution in [0.15, 0.2) is 23.0 Å². The van der Waals surface area contributed by atoms with Crippen molar-refractivity contribution in [2.75, 3.05) is 25.6 Å². The van der Waals surface area contributed by atoms with Gasteiger partial charge < -0.3 is 36.2 Å². The Morgan fingerprint density at radius 1 is 1.18 bits per heavy atom. The largest absolute Gasteiger partial charge is 0.508 e. The summed E-state index contributed by atoms with van der Waals surface area (Å²) in [4.78, 5) is 51.4.